The van der Waals surface area contributed by atoms with Gasteiger partial charge in [0, 0.05) is 0 Å². The number of hydrogen-bond acceptors (Lipinski definition) is 4. The smallest absolute Gasteiger partial charge is 0.343 e. The molecule has 4 atom stereocenters. The Bertz CT molecular complexity index is 1260. The van der Waals surface area contributed by atoms with Crippen LogP contribution in [-0.2, 0) is 16.0 Å². The van der Waals surface area contributed by atoms with Gasteiger partial charge in [-0.3, -0.25) is 14.5 Å². The minimum absolute atomic E-state index is 0.127. The van der Waals surface area contributed by atoms with Gasteiger partial charge in [-0.05, 0) is 72.2 Å². The number of carbonyl (C=O) groups excluding carboxylic acids is 3. The van der Waals surface area contributed by atoms with E-state index in [-0.39, 0.29) is 35.5 Å². The molecule has 3 aromatic carbocycles. The van der Waals surface area contributed by atoms with Crippen molar-refractivity contribution in [3.8, 4) is 5.75 Å². The monoisotopic (exact) mass is 449 g/mol. The summed E-state index contributed by atoms with van der Waals surface area (Å²) in [4.78, 5) is 39.9. The van der Waals surface area contributed by atoms with Gasteiger partial charge < -0.3 is 4.74 Å². The van der Waals surface area contributed by atoms with Crippen molar-refractivity contribution in [3.63, 3.8) is 0 Å². The van der Waals surface area contributed by atoms with Crippen molar-refractivity contribution in [1.29, 1.82) is 0 Å². The van der Waals surface area contributed by atoms with Crippen LogP contribution in [0.2, 0.25) is 0 Å². The Balaban J connectivity index is 1.12. The molecule has 6 rings (SSSR count). The molecular formula is C29H23NO4. The maximum absolute atomic E-state index is 13.0. The van der Waals surface area contributed by atoms with Gasteiger partial charge in [0.1, 0.15) is 5.75 Å². The van der Waals surface area contributed by atoms with E-state index in [1.807, 2.05) is 30.3 Å². The molecular weight excluding hydrogens is 426 g/mol. The highest BCUT2D eigenvalue weighted by Gasteiger charge is 2.59. The third-order valence-electron chi connectivity index (χ3n) is 7.22. The molecule has 0 aromatic heterocycles. The zero-order chi connectivity index (χ0) is 23.2. The molecule has 34 heavy (non-hydrogen) atoms. The van der Waals surface area contributed by atoms with Crippen LogP contribution < -0.4 is 9.64 Å². The second-order valence-corrected chi connectivity index (χ2v) is 9.25. The lowest BCUT2D eigenvalue weighted by Crippen LogP contribution is -2.32. The molecule has 0 radical (unpaired) electrons. The van der Waals surface area contributed by atoms with Gasteiger partial charge >= 0.3 is 5.97 Å². The highest BCUT2D eigenvalue weighted by molar-refractivity contribution is 6.22. The molecule has 1 saturated heterocycles. The van der Waals surface area contributed by atoms with Crippen LogP contribution in [0.5, 0.6) is 5.75 Å². The molecule has 1 heterocycles. The molecule has 0 N–H and O–H groups in total. The largest absolute Gasteiger partial charge is 0.423 e. The van der Waals surface area contributed by atoms with Crippen LogP contribution in [0.1, 0.15) is 27.9 Å². The van der Waals surface area contributed by atoms with Gasteiger partial charge in [0.25, 0.3) is 0 Å². The average Bonchev–Trinajstić information content (AvgIpc) is 3.55. The molecule has 2 bridgehead atoms. The van der Waals surface area contributed by atoms with Crippen LogP contribution in [-0.4, -0.2) is 17.8 Å². The predicted molar refractivity (Wildman–Crippen MR) is 127 cm³/mol. The highest BCUT2D eigenvalue weighted by atomic mass is 16.5. The number of amides is 2. The number of ether oxygens (including phenoxy) is 1. The molecule has 3 aromatic rings. The van der Waals surface area contributed by atoms with E-state index >= 15 is 0 Å². The molecule has 2 aliphatic carbocycles. The van der Waals surface area contributed by atoms with Crippen molar-refractivity contribution in [3.05, 3.63) is 108 Å². The summed E-state index contributed by atoms with van der Waals surface area (Å²) >= 11 is 0. The number of carbonyl (C=O) groups is 3. The van der Waals surface area contributed by atoms with Crippen molar-refractivity contribution in [2.75, 3.05) is 4.90 Å². The van der Waals surface area contributed by atoms with Crippen molar-refractivity contribution in [2.45, 2.75) is 12.8 Å². The molecule has 2 amide bonds. The molecule has 168 valence electrons. The van der Waals surface area contributed by atoms with Gasteiger partial charge in [0.05, 0.1) is 23.1 Å². The molecule has 1 saturated carbocycles. The number of nitrogens with zero attached hydrogens (tertiary/aromatic N) is 1. The van der Waals surface area contributed by atoms with Gasteiger partial charge in [-0.2, -0.15) is 0 Å². The van der Waals surface area contributed by atoms with Crippen LogP contribution in [0.4, 0.5) is 5.69 Å². The third-order valence-corrected chi connectivity index (χ3v) is 7.22. The van der Waals surface area contributed by atoms with E-state index in [0.29, 0.717) is 17.0 Å². The summed E-state index contributed by atoms with van der Waals surface area (Å²) in [5, 5.41) is 0. The van der Waals surface area contributed by atoms with Crippen LogP contribution in [0.3, 0.4) is 0 Å². The molecule has 0 spiro atoms. The number of hydrogen-bond donors (Lipinski definition) is 0. The lowest BCUT2D eigenvalue weighted by Gasteiger charge is -2.17. The Morgan fingerprint density at radius 1 is 0.765 bits per heavy atom. The van der Waals surface area contributed by atoms with Gasteiger partial charge in [-0.1, -0.05) is 54.6 Å². The summed E-state index contributed by atoms with van der Waals surface area (Å²) in [7, 11) is 0. The fraction of sp³-hybridized carbons (Fsp3) is 0.207. The topological polar surface area (TPSA) is 63.7 Å². The Morgan fingerprint density at radius 3 is 1.97 bits per heavy atom. The molecule has 2 fully saturated rings. The summed E-state index contributed by atoms with van der Waals surface area (Å²) in [6.45, 7) is 0. The SMILES string of the molecule is O=C(Oc1ccc(Cc2ccccc2)cc1)c1ccc(N2C(=O)[C@H]3[C@H](C2=O)[C@H]2C=C[C@H]3C2)cc1. The third kappa shape index (κ3) is 3.45. The van der Waals surface area contributed by atoms with Crippen LogP contribution in [0.25, 0.3) is 0 Å². The standard InChI is InChI=1S/C29H23NO4/c31-27-25-21-8-9-22(17-21)26(25)28(32)30(27)23-12-10-20(11-13-23)29(33)34-24-14-6-19(7-15-24)16-18-4-2-1-3-5-18/h1-15,21-22,25-26H,16-17H2/t21-,22-,25+,26+/m0/s1. The Labute approximate surface area is 197 Å². The molecule has 5 heteroatoms. The summed E-state index contributed by atoms with van der Waals surface area (Å²) in [6, 6.07) is 24.1. The maximum atomic E-state index is 13.0. The fourth-order valence-corrected chi connectivity index (χ4v) is 5.58. The van der Waals surface area contributed by atoms with Gasteiger partial charge in [-0.25, -0.2) is 4.79 Å². The number of benzene rings is 3. The van der Waals surface area contributed by atoms with E-state index in [0.717, 1.165) is 18.4 Å². The first-order valence-electron chi connectivity index (χ1n) is 11.6. The van der Waals surface area contributed by atoms with E-state index in [4.69, 9.17) is 4.74 Å². The van der Waals surface area contributed by atoms with Crippen LogP contribution in [0, 0.1) is 23.7 Å². The lowest BCUT2D eigenvalue weighted by molar-refractivity contribution is -0.123. The fourth-order valence-electron chi connectivity index (χ4n) is 5.58. The first-order chi connectivity index (χ1) is 16.6. The molecule has 0 unspecified atom stereocenters. The zero-order valence-corrected chi connectivity index (χ0v) is 18.5. The number of rotatable bonds is 5. The summed E-state index contributed by atoms with van der Waals surface area (Å²) in [5.41, 5.74) is 3.21. The average molecular weight is 450 g/mol. The molecule has 1 aliphatic heterocycles. The van der Waals surface area contributed by atoms with Crippen molar-refractivity contribution in [1.82, 2.24) is 0 Å². The minimum atomic E-state index is -0.486. The number of anilines is 1. The second-order valence-electron chi connectivity index (χ2n) is 9.25. The van der Waals surface area contributed by atoms with E-state index in [9.17, 15) is 14.4 Å². The van der Waals surface area contributed by atoms with E-state index in [1.54, 1.807) is 36.4 Å². The Hall–Kier alpha value is -3.99. The first kappa shape index (κ1) is 20.6. The van der Waals surface area contributed by atoms with Gasteiger partial charge in [-0.15, -0.1) is 0 Å². The summed E-state index contributed by atoms with van der Waals surface area (Å²) < 4.78 is 5.52. The minimum Gasteiger partial charge on any atom is -0.423 e. The quantitative estimate of drug-likeness (QED) is 0.243. The predicted octanol–water partition coefficient (Wildman–Crippen LogP) is 4.81. The Morgan fingerprint density at radius 2 is 1.35 bits per heavy atom. The first-order valence-corrected chi connectivity index (χ1v) is 11.6. The highest BCUT2D eigenvalue weighted by Crippen LogP contribution is 2.53. The van der Waals surface area contributed by atoms with E-state index < -0.39 is 5.97 Å². The summed E-state index contributed by atoms with van der Waals surface area (Å²) in [5.74, 6) is -0.411. The van der Waals surface area contributed by atoms with Gasteiger partial charge in [0.15, 0.2) is 0 Å². The van der Waals surface area contributed by atoms with Crippen molar-refractivity contribution < 1.29 is 19.1 Å². The van der Waals surface area contributed by atoms with E-state index in [2.05, 4.69) is 24.3 Å². The molecule has 3 aliphatic rings. The van der Waals surface area contributed by atoms with Crippen molar-refractivity contribution in [2.24, 2.45) is 23.7 Å². The van der Waals surface area contributed by atoms with E-state index in [1.165, 1.54) is 10.5 Å². The normalized spacial score (nSPS) is 24.5. The van der Waals surface area contributed by atoms with Crippen LogP contribution >= 0.6 is 0 Å². The second kappa shape index (κ2) is 8.10. The Kier molecular flexibility index (Phi) is 4.91. The number of imide groups is 1. The number of allylic oxidation sites excluding steroid dienone is 2. The molecule has 5 nitrogen and oxygen atoms in total. The van der Waals surface area contributed by atoms with Crippen molar-refractivity contribution >= 4 is 23.5 Å². The summed E-state index contributed by atoms with van der Waals surface area (Å²) in [6.07, 6.45) is 5.87. The number of fused-ring (bicyclic) bond motifs is 5. The maximum Gasteiger partial charge on any atom is 0.343 e. The lowest BCUT2D eigenvalue weighted by atomic mass is 9.85. The van der Waals surface area contributed by atoms with Gasteiger partial charge in [0.2, 0.25) is 11.8 Å². The van der Waals surface area contributed by atoms with Crippen LogP contribution in [0.15, 0.2) is 91.0 Å². The number of esters is 1. The zero-order valence-electron chi connectivity index (χ0n) is 18.5.